The number of hydrogen-bond acceptors (Lipinski definition) is 2. The first kappa shape index (κ1) is 15.7. The molecule has 0 amide bonds. The third kappa shape index (κ3) is 4.14. The molecule has 0 radical (unpaired) electrons. The van der Waals surface area contributed by atoms with Crippen molar-refractivity contribution in [1.29, 1.82) is 0 Å². The van der Waals surface area contributed by atoms with E-state index in [9.17, 15) is 4.39 Å². The molecule has 0 atom stereocenters. The highest BCUT2D eigenvalue weighted by Gasteiger charge is 2.14. The molecule has 0 spiro atoms. The van der Waals surface area contributed by atoms with Gasteiger partial charge in [-0.05, 0) is 51.5 Å². The second-order valence-corrected chi connectivity index (χ2v) is 6.36. The van der Waals surface area contributed by atoms with Crippen molar-refractivity contribution in [2.24, 2.45) is 0 Å². The summed E-state index contributed by atoms with van der Waals surface area (Å²) in [7, 11) is 0. The Balaban J connectivity index is 2.29. The Kier molecular flexibility index (Phi) is 4.78. The van der Waals surface area contributed by atoms with E-state index in [1.165, 1.54) is 23.4 Å². The highest BCUT2D eigenvalue weighted by Crippen LogP contribution is 2.18. The van der Waals surface area contributed by atoms with E-state index < -0.39 is 0 Å². The van der Waals surface area contributed by atoms with Crippen LogP contribution in [0.15, 0.2) is 30.5 Å². The maximum Gasteiger partial charge on any atom is 0.123 e. The molecule has 1 heterocycles. The highest BCUT2D eigenvalue weighted by molar-refractivity contribution is 5.35. The quantitative estimate of drug-likeness (QED) is 0.906. The van der Waals surface area contributed by atoms with Crippen molar-refractivity contribution in [1.82, 2.24) is 15.1 Å². The van der Waals surface area contributed by atoms with Gasteiger partial charge in [-0.1, -0.05) is 13.3 Å². The van der Waals surface area contributed by atoms with Crippen LogP contribution in [0.2, 0.25) is 0 Å². The molecular weight excluding hydrogens is 265 g/mol. The van der Waals surface area contributed by atoms with Gasteiger partial charge in [-0.25, -0.2) is 9.07 Å². The van der Waals surface area contributed by atoms with Gasteiger partial charge < -0.3 is 5.32 Å². The third-order valence-electron chi connectivity index (χ3n) is 3.32. The Bertz CT molecular complexity index is 579. The van der Waals surface area contributed by atoms with Crippen LogP contribution in [0, 0.1) is 5.82 Å². The zero-order chi connectivity index (χ0) is 15.5. The van der Waals surface area contributed by atoms with E-state index in [1.54, 1.807) is 12.1 Å². The lowest BCUT2D eigenvalue weighted by atomic mass is 10.1. The number of hydrogen-bond donors (Lipinski definition) is 1. The Morgan fingerprint density at radius 3 is 2.43 bits per heavy atom. The summed E-state index contributed by atoms with van der Waals surface area (Å²) in [5.41, 5.74) is 3.38. The molecular formula is C17H24FN3. The molecule has 0 saturated carbocycles. The van der Waals surface area contributed by atoms with E-state index in [1.807, 2.05) is 10.9 Å². The summed E-state index contributed by atoms with van der Waals surface area (Å²) >= 11 is 0. The van der Waals surface area contributed by atoms with E-state index in [-0.39, 0.29) is 11.4 Å². The van der Waals surface area contributed by atoms with Crippen LogP contribution in [0.4, 0.5) is 4.39 Å². The number of halogens is 1. The summed E-state index contributed by atoms with van der Waals surface area (Å²) in [6, 6.07) is 6.48. The van der Waals surface area contributed by atoms with Gasteiger partial charge >= 0.3 is 0 Å². The maximum absolute atomic E-state index is 13.1. The lowest BCUT2D eigenvalue weighted by Gasteiger charge is -2.20. The van der Waals surface area contributed by atoms with Crippen molar-refractivity contribution in [2.75, 3.05) is 0 Å². The molecule has 0 aliphatic rings. The van der Waals surface area contributed by atoms with E-state index in [4.69, 9.17) is 0 Å². The van der Waals surface area contributed by atoms with Gasteiger partial charge in [0.1, 0.15) is 5.82 Å². The van der Waals surface area contributed by atoms with Gasteiger partial charge in [0.05, 0.1) is 11.9 Å². The van der Waals surface area contributed by atoms with Gasteiger partial charge in [0.25, 0.3) is 0 Å². The Morgan fingerprint density at radius 2 is 1.86 bits per heavy atom. The van der Waals surface area contributed by atoms with Gasteiger partial charge in [0.15, 0.2) is 0 Å². The van der Waals surface area contributed by atoms with Crippen LogP contribution in [-0.4, -0.2) is 15.3 Å². The zero-order valence-electron chi connectivity index (χ0n) is 13.3. The Morgan fingerprint density at radius 1 is 1.19 bits per heavy atom. The van der Waals surface area contributed by atoms with Gasteiger partial charge in [0.2, 0.25) is 0 Å². The summed E-state index contributed by atoms with van der Waals surface area (Å²) in [6.45, 7) is 9.40. The standard InChI is InChI=1S/C17H24FN3/c1-5-6-16-13(11-19-17(2,3)4)12-20-21(16)15-9-7-14(18)8-10-15/h7-10,12,19H,5-6,11H2,1-4H3. The van der Waals surface area contributed by atoms with Crippen LogP contribution in [0.1, 0.15) is 45.4 Å². The second-order valence-electron chi connectivity index (χ2n) is 6.36. The highest BCUT2D eigenvalue weighted by atomic mass is 19.1. The van der Waals surface area contributed by atoms with Crippen molar-refractivity contribution < 1.29 is 4.39 Å². The van der Waals surface area contributed by atoms with Crippen molar-refractivity contribution in [3.8, 4) is 5.69 Å². The van der Waals surface area contributed by atoms with Crippen LogP contribution >= 0.6 is 0 Å². The van der Waals surface area contributed by atoms with E-state index in [0.29, 0.717) is 0 Å². The number of benzene rings is 1. The van der Waals surface area contributed by atoms with Crippen molar-refractivity contribution in [3.63, 3.8) is 0 Å². The largest absolute Gasteiger partial charge is 0.308 e. The summed E-state index contributed by atoms with van der Waals surface area (Å²) in [6.07, 6.45) is 3.92. The Labute approximate surface area is 126 Å². The fourth-order valence-electron chi connectivity index (χ4n) is 2.22. The SMILES string of the molecule is CCCc1c(CNC(C)(C)C)cnn1-c1ccc(F)cc1. The minimum Gasteiger partial charge on any atom is -0.308 e. The predicted molar refractivity (Wildman–Crippen MR) is 84.1 cm³/mol. The van der Waals surface area contributed by atoms with Crippen LogP contribution < -0.4 is 5.32 Å². The molecule has 1 N–H and O–H groups in total. The molecule has 114 valence electrons. The number of rotatable bonds is 5. The third-order valence-corrected chi connectivity index (χ3v) is 3.32. The zero-order valence-corrected chi connectivity index (χ0v) is 13.3. The monoisotopic (exact) mass is 289 g/mol. The topological polar surface area (TPSA) is 29.9 Å². The predicted octanol–water partition coefficient (Wildman–Crippen LogP) is 3.85. The lowest BCUT2D eigenvalue weighted by Crippen LogP contribution is -2.35. The molecule has 0 aliphatic heterocycles. The van der Waals surface area contributed by atoms with Gasteiger partial charge in [-0.3, -0.25) is 0 Å². The number of aromatic nitrogens is 2. The summed E-state index contributed by atoms with van der Waals surface area (Å²) < 4.78 is 15.0. The van der Waals surface area contributed by atoms with Gasteiger partial charge in [0, 0.05) is 23.3 Å². The van der Waals surface area contributed by atoms with Crippen LogP contribution in [0.25, 0.3) is 5.69 Å². The summed E-state index contributed by atoms with van der Waals surface area (Å²) in [5.74, 6) is -0.224. The van der Waals surface area contributed by atoms with Crippen molar-refractivity contribution in [3.05, 3.63) is 47.5 Å². The molecule has 4 heteroatoms. The fourth-order valence-corrected chi connectivity index (χ4v) is 2.22. The smallest absolute Gasteiger partial charge is 0.123 e. The Hall–Kier alpha value is -1.68. The van der Waals surface area contributed by atoms with Gasteiger partial charge in [-0.2, -0.15) is 5.10 Å². The van der Waals surface area contributed by atoms with E-state index >= 15 is 0 Å². The average Bonchev–Trinajstić information content (AvgIpc) is 2.80. The first-order valence-electron chi connectivity index (χ1n) is 7.47. The summed E-state index contributed by atoms with van der Waals surface area (Å²) in [4.78, 5) is 0. The normalized spacial score (nSPS) is 11.9. The number of nitrogens with zero attached hydrogens (tertiary/aromatic N) is 2. The average molecular weight is 289 g/mol. The molecule has 0 aliphatic carbocycles. The molecule has 0 fully saturated rings. The van der Waals surface area contributed by atoms with Crippen molar-refractivity contribution in [2.45, 2.75) is 52.6 Å². The molecule has 0 bridgehead atoms. The minimum absolute atomic E-state index is 0.0709. The molecule has 0 unspecified atom stereocenters. The first-order valence-corrected chi connectivity index (χ1v) is 7.47. The van der Waals surface area contributed by atoms with Gasteiger partial charge in [-0.15, -0.1) is 0 Å². The van der Waals surface area contributed by atoms with Crippen LogP contribution in [0.3, 0.4) is 0 Å². The van der Waals surface area contributed by atoms with E-state index in [0.717, 1.165) is 25.1 Å². The molecule has 2 aromatic rings. The molecule has 0 saturated heterocycles. The van der Waals surface area contributed by atoms with Crippen molar-refractivity contribution >= 4 is 0 Å². The van der Waals surface area contributed by atoms with Crippen LogP contribution in [0.5, 0.6) is 0 Å². The molecule has 1 aromatic heterocycles. The second kappa shape index (κ2) is 6.39. The van der Waals surface area contributed by atoms with Crippen LogP contribution in [-0.2, 0) is 13.0 Å². The fraction of sp³-hybridized carbons (Fsp3) is 0.471. The summed E-state index contributed by atoms with van der Waals surface area (Å²) in [5, 5.41) is 7.99. The molecule has 21 heavy (non-hydrogen) atoms. The molecule has 3 nitrogen and oxygen atoms in total. The molecule has 1 aromatic carbocycles. The van der Waals surface area contributed by atoms with E-state index in [2.05, 4.69) is 38.1 Å². The molecule has 2 rings (SSSR count). The maximum atomic E-state index is 13.1. The lowest BCUT2D eigenvalue weighted by molar-refractivity contribution is 0.423. The minimum atomic E-state index is -0.224. The number of nitrogens with one attached hydrogen (secondary N) is 1. The first-order chi connectivity index (χ1) is 9.90.